The minimum absolute atomic E-state index is 0.269. The van der Waals surface area contributed by atoms with Crippen LogP contribution < -0.4 is 15.4 Å². The molecule has 0 radical (unpaired) electrons. The van der Waals surface area contributed by atoms with Crippen LogP contribution in [0.4, 0.5) is 13.9 Å². The normalized spacial score (nSPS) is 14.7. The van der Waals surface area contributed by atoms with Gasteiger partial charge in [-0.25, -0.2) is 9.37 Å². The molecular formula is C15H15F2N3O3S. The predicted octanol–water partition coefficient (Wildman–Crippen LogP) is 1.79. The van der Waals surface area contributed by atoms with Crippen LogP contribution in [-0.2, 0) is 9.53 Å². The maximum atomic E-state index is 14.1. The van der Waals surface area contributed by atoms with Gasteiger partial charge in [0.1, 0.15) is 0 Å². The smallest absolute Gasteiger partial charge is 0.255 e. The Morgan fingerprint density at radius 2 is 2.12 bits per heavy atom. The number of nitrogens with zero attached hydrogens (tertiary/aromatic N) is 2. The average molecular weight is 355 g/mol. The van der Waals surface area contributed by atoms with E-state index in [2.05, 4.69) is 9.88 Å². The van der Waals surface area contributed by atoms with Crippen LogP contribution in [0, 0.1) is 11.6 Å². The highest BCUT2D eigenvalue weighted by Gasteiger charge is 2.21. The summed E-state index contributed by atoms with van der Waals surface area (Å²) in [5, 5.41) is 2.49. The Bertz CT molecular complexity index is 748. The van der Waals surface area contributed by atoms with E-state index in [1.807, 2.05) is 0 Å². The van der Waals surface area contributed by atoms with Crippen LogP contribution >= 0.6 is 11.3 Å². The number of hydrogen-bond acceptors (Lipinski definition) is 6. The molecule has 0 spiro atoms. The van der Waals surface area contributed by atoms with Crippen molar-refractivity contribution in [2.24, 2.45) is 5.73 Å². The van der Waals surface area contributed by atoms with Gasteiger partial charge in [0, 0.05) is 24.0 Å². The van der Waals surface area contributed by atoms with Crippen molar-refractivity contribution in [3.05, 3.63) is 29.1 Å². The molecule has 2 N–H and O–H groups in total. The number of carbonyl (C=O) groups is 1. The highest BCUT2D eigenvalue weighted by Crippen LogP contribution is 2.36. The lowest BCUT2D eigenvalue weighted by atomic mass is 10.1. The number of thiazole rings is 1. The third-order valence-corrected chi connectivity index (χ3v) is 4.36. The number of hydrogen-bond donors (Lipinski definition) is 1. The minimum Gasteiger partial charge on any atom is -0.480 e. The van der Waals surface area contributed by atoms with E-state index in [-0.39, 0.29) is 11.3 Å². The Kier molecular flexibility index (Phi) is 4.91. The van der Waals surface area contributed by atoms with E-state index >= 15 is 0 Å². The number of morpholine rings is 1. The Morgan fingerprint density at radius 3 is 2.83 bits per heavy atom. The van der Waals surface area contributed by atoms with E-state index in [4.69, 9.17) is 15.2 Å². The fourth-order valence-electron chi connectivity index (χ4n) is 2.31. The van der Waals surface area contributed by atoms with Crippen LogP contribution in [-0.4, -0.2) is 43.8 Å². The summed E-state index contributed by atoms with van der Waals surface area (Å²) in [7, 11) is 0. The Hall–Kier alpha value is -2.26. The largest absolute Gasteiger partial charge is 0.480 e. The molecule has 0 unspecified atom stereocenters. The maximum absolute atomic E-state index is 14.1. The van der Waals surface area contributed by atoms with Gasteiger partial charge in [0.2, 0.25) is 5.82 Å². The first-order valence-corrected chi connectivity index (χ1v) is 8.12. The van der Waals surface area contributed by atoms with Crippen molar-refractivity contribution in [1.29, 1.82) is 0 Å². The number of halogens is 2. The van der Waals surface area contributed by atoms with Crippen molar-refractivity contribution >= 4 is 22.4 Å². The fraction of sp³-hybridized carbons (Fsp3) is 0.333. The van der Waals surface area contributed by atoms with Gasteiger partial charge < -0.3 is 20.1 Å². The summed E-state index contributed by atoms with van der Waals surface area (Å²) >= 11 is 1.39. The first-order chi connectivity index (χ1) is 11.6. The summed E-state index contributed by atoms with van der Waals surface area (Å²) in [4.78, 5) is 17.4. The quantitative estimate of drug-likeness (QED) is 0.885. The Labute approximate surface area is 140 Å². The molecule has 24 heavy (non-hydrogen) atoms. The zero-order valence-corrected chi connectivity index (χ0v) is 13.4. The van der Waals surface area contributed by atoms with E-state index in [9.17, 15) is 13.6 Å². The number of ether oxygens (including phenoxy) is 2. The summed E-state index contributed by atoms with van der Waals surface area (Å²) in [5.74, 6) is -3.39. The van der Waals surface area contributed by atoms with Crippen molar-refractivity contribution in [2.75, 3.05) is 37.8 Å². The second-order valence-electron chi connectivity index (χ2n) is 5.11. The monoisotopic (exact) mass is 355 g/mol. The van der Waals surface area contributed by atoms with Crippen LogP contribution in [0.1, 0.15) is 0 Å². The molecule has 1 aliphatic rings. The van der Waals surface area contributed by atoms with Crippen LogP contribution in [0.15, 0.2) is 17.5 Å². The van der Waals surface area contributed by atoms with E-state index in [1.54, 1.807) is 5.38 Å². The van der Waals surface area contributed by atoms with Gasteiger partial charge in [0.25, 0.3) is 5.91 Å². The van der Waals surface area contributed by atoms with Crippen LogP contribution in [0.2, 0.25) is 0 Å². The molecule has 1 aromatic heterocycles. The van der Waals surface area contributed by atoms with Gasteiger partial charge in [0.05, 0.1) is 18.9 Å². The summed E-state index contributed by atoms with van der Waals surface area (Å²) in [5.41, 5.74) is 5.72. The lowest BCUT2D eigenvalue weighted by molar-refractivity contribution is -0.120. The van der Waals surface area contributed by atoms with Crippen molar-refractivity contribution in [2.45, 2.75) is 0 Å². The lowest BCUT2D eigenvalue weighted by Gasteiger charge is -2.26. The van der Waals surface area contributed by atoms with Crippen molar-refractivity contribution in [3.8, 4) is 17.0 Å². The molecule has 1 amide bonds. The zero-order chi connectivity index (χ0) is 17.1. The maximum Gasteiger partial charge on any atom is 0.255 e. The van der Waals surface area contributed by atoms with Gasteiger partial charge in [-0.2, -0.15) is 4.39 Å². The highest BCUT2D eigenvalue weighted by atomic mass is 32.1. The number of aromatic nitrogens is 1. The molecular weight excluding hydrogens is 340 g/mol. The molecule has 0 bridgehead atoms. The van der Waals surface area contributed by atoms with Crippen molar-refractivity contribution < 1.29 is 23.0 Å². The van der Waals surface area contributed by atoms with E-state index < -0.39 is 24.1 Å². The van der Waals surface area contributed by atoms with E-state index in [0.29, 0.717) is 18.9 Å². The topological polar surface area (TPSA) is 77.7 Å². The molecule has 1 saturated heterocycles. The van der Waals surface area contributed by atoms with Crippen LogP contribution in [0.3, 0.4) is 0 Å². The fourth-order valence-corrected chi connectivity index (χ4v) is 3.19. The second kappa shape index (κ2) is 7.10. The number of primary amides is 1. The molecule has 9 heteroatoms. The molecule has 1 aliphatic heterocycles. The number of benzene rings is 1. The summed E-state index contributed by atoms with van der Waals surface area (Å²) < 4.78 is 37.9. The molecule has 3 rings (SSSR count). The molecule has 0 aliphatic carbocycles. The van der Waals surface area contributed by atoms with Crippen LogP contribution in [0.5, 0.6) is 5.75 Å². The third kappa shape index (κ3) is 3.46. The van der Waals surface area contributed by atoms with Gasteiger partial charge in [-0.3, -0.25) is 4.79 Å². The van der Waals surface area contributed by atoms with Crippen molar-refractivity contribution in [1.82, 2.24) is 4.98 Å². The van der Waals surface area contributed by atoms with E-state index in [0.717, 1.165) is 24.3 Å². The number of nitrogens with two attached hydrogens (primary N) is 1. The molecule has 2 heterocycles. The number of anilines is 1. The lowest BCUT2D eigenvalue weighted by Crippen LogP contribution is -2.36. The van der Waals surface area contributed by atoms with Gasteiger partial charge in [-0.15, -0.1) is 11.3 Å². The SMILES string of the molecule is NC(=O)COc1c(-c2csc(N3CCOCC3)n2)ccc(F)c1F. The zero-order valence-electron chi connectivity index (χ0n) is 12.6. The van der Waals surface area contributed by atoms with Gasteiger partial charge >= 0.3 is 0 Å². The average Bonchev–Trinajstić information content (AvgIpc) is 3.06. The summed E-state index contributed by atoms with van der Waals surface area (Å²) in [6.07, 6.45) is 0. The molecule has 128 valence electrons. The van der Waals surface area contributed by atoms with Crippen molar-refractivity contribution in [3.63, 3.8) is 0 Å². The molecule has 1 fully saturated rings. The molecule has 1 aromatic carbocycles. The number of rotatable bonds is 5. The van der Waals surface area contributed by atoms with Gasteiger partial charge in [-0.05, 0) is 12.1 Å². The van der Waals surface area contributed by atoms with Crippen LogP contribution in [0.25, 0.3) is 11.3 Å². The number of carbonyl (C=O) groups excluding carboxylic acids is 1. The number of amides is 1. The third-order valence-electron chi connectivity index (χ3n) is 3.46. The molecule has 6 nitrogen and oxygen atoms in total. The summed E-state index contributed by atoms with van der Waals surface area (Å²) in [6, 6.07) is 2.36. The minimum atomic E-state index is -1.17. The second-order valence-corrected chi connectivity index (χ2v) is 5.94. The first-order valence-electron chi connectivity index (χ1n) is 7.24. The van der Waals surface area contributed by atoms with Gasteiger partial charge in [-0.1, -0.05) is 0 Å². The molecule has 2 aromatic rings. The Morgan fingerprint density at radius 1 is 1.38 bits per heavy atom. The predicted molar refractivity (Wildman–Crippen MR) is 85.2 cm³/mol. The standard InChI is InChI=1S/C15H15F2N3O3S/c16-10-2-1-9(14(13(10)17)23-7-12(18)21)11-8-24-15(19-11)20-3-5-22-6-4-20/h1-2,8H,3-7H2,(H2,18,21). The highest BCUT2D eigenvalue weighted by molar-refractivity contribution is 7.14. The molecule has 0 saturated carbocycles. The van der Waals surface area contributed by atoms with Gasteiger partial charge in [0.15, 0.2) is 23.3 Å². The Balaban J connectivity index is 1.92. The first kappa shape index (κ1) is 16.6. The molecule has 0 atom stereocenters. The summed E-state index contributed by atoms with van der Waals surface area (Å²) in [6.45, 7) is 2.12. The van der Waals surface area contributed by atoms with E-state index in [1.165, 1.54) is 17.4 Å².